The number of amides is 2. The largest absolute Gasteiger partial charge is 0.346 e. The molecule has 1 aliphatic rings. The molecule has 1 fully saturated rings. The first kappa shape index (κ1) is 13.1. The van der Waals surface area contributed by atoms with E-state index in [0.29, 0.717) is 4.80 Å². The third kappa shape index (κ3) is 2.65. The van der Waals surface area contributed by atoms with Gasteiger partial charge in [0.1, 0.15) is 5.82 Å². The minimum absolute atomic E-state index is 0.194. The zero-order valence-electron chi connectivity index (χ0n) is 10.8. The van der Waals surface area contributed by atoms with Gasteiger partial charge < -0.3 is 4.90 Å². The molecule has 104 valence electrons. The summed E-state index contributed by atoms with van der Waals surface area (Å²) in [6.07, 6.45) is 3.92. The van der Waals surface area contributed by atoms with E-state index in [0.717, 1.165) is 31.6 Å². The number of aromatic nitrogens is 1. The molecule has 2 heterocycles. The minimum Gasteiger partial charge on any atom is -0.323 e. The fourth-order valence-electron chi connectivity index (χ4n) is 2.21. The number of urea groups is 1. The van der Waals surface area contributed by atoms with Crippen LogP contribution in [-0.2, 0) is 0 Å². The molecule has 2 aromatic rings. The summed E-state index contributed by atoms with van der Waals surface area (Å²) in [6.45, 7) is 1.56. The van der Waals surface area contributed by atoms with Crippen molar-refractivity contribution in [2.24, 2.45) is 4.99 Å². The van der Waals surface area contributed by atoms with Crippen LogP contribution in [0.15, 0.2) is 40.8 Å². The molecule has 1 aromatic carbocycles. The lowest BCUT2D eigenvalue weighted by atomic mass is 10.3. The maximum absolute atomic E-state index is 13.0. The first-order chi connectivity index (χ1) is 9.74. The molecule has 4 nitrogen and oxygen atoms in total. The maximum atomic E-state index is 13.0. The summed E-state index contributed by atoms with van der Waals surface area (Å²) in [5, 5.41) is 1.86. The van der Waals surface area contributed by atoms with E-state index in [1.54, 1.807) is 21.6 Å². The van der Waals surface area contributed by atoms with Crippen LogP contribution in [0.1, 0.15) is 12.8 Å². The van der Waals surface area contributed by atoms with Crippen molar-refractivity contribution in [2.45, 2.75) is 12.8 Å². The SMILES string of the molecule is O=C(N=c1sccn1-c1ccc(F)cc1)N1CCCC1. The lowest BCUT2D eigenvalue weighted by Crippen LogP contribution is -2.27. The van der Waals surface area contributed by atoms with Crippen LogP contribution in [0, 0.1) is 5.82 Å². The first-order valence-corrected chi connectivity index (χ1v) is 7.38. The van der Waals surface area contributed by atoms with Crippen molar-refractivity contribution in [2.75, 3.05) is 13.1 Å². The van der Waals surface area contributed by atoms with Crippen molar-refractivity contribution in [1.29, 1.82) is 0 Å². The quantitative estimate of drug-likeness (QED) is 0.796. The Morgan fingerprint density at radius 1 is 1.20 bits per heavy atom. The van der Waals surface area contributed by atoms with E-state index in [1.165, 1.54) is 23.5 Å². The number of nitrogens with zero attached hydrogens (tertiary/aromatic N) is 3. The van der Waals surface area contributed by atoms with Crippen LogP contribution in [0.4, 0.5) is 9.18 Å². The van der Waals surface area contributed by atoms with E-state index in [4.69, 9.17) is 0 Å². The van der Waals surface area contributed by atoms with Gasteiger partial charge in [0, 0.05) is 30.4 Å². The van der Waals surface area contributed by atoms with E-state index >= 15 is 0 Å². The second-order valence-electron chi connectivity index (χ2n) is 4.62. The molecule has 0 N–H and O–H groups in total. The number of hydrogen-bond acceptors (Lipinski definition) is 2. The van der Waals surface area contributed by atoms with Crippen molar-refractivity contribution in [3.05, 3.63) is 46.5 Å². The zero-order chi connectivity index (χ0) is 13.9. The van der Waals surface area contributed by atoms with Crippen molar-refractivity contribution in [3.63, 3.8) is 0 Å². The molecule has 0 atom stereocenters. The molecule has 0 radical (unpaired) electrons. The van der Waals surface area contributed by atoms with Crippen LogP contribution in [0.3, 0.4) is 0 Å². The number of benzene rings is 1. The Labute approximate surface area is 119 Å². The summed E-state index contributed by atoms with van der Waals surface area (Å²) in [5.41, 5.74) is 0.792. The number of halogens is 1. The highest BCUT2D eigenvalue weighted by atomic mass is 32.1. The van der Waals surface area contributed by atoms with Gasteiger partial charge in [0.2, 0.25) is 0 Å². The Kier molecular flexibility index (Phi) is 3.64. The molecule has 1 saturated heterocycles. The number of carbonyl (C=O) groups is 1. The number of thiazole rings is 1. The topological polar surface area (TPSA) is 37.6 Å². The Morgan fingerprint density at radius 3 is 2.60 bits per heavy atom. The van der Waals surface area contributed by atoms with Gasteiger partial charge >= 0.3 is 6.03 Å². The lowest BCUT2D eigenvalue weighted by molar-refractivity contribution is 0.218. The van der Waals surface area contributed by atoms with E-state index in [-0.39, 0.29) is 11.8 Å². The predicted octanol–water partition coefficient (Wildman–Crippen LogP) is 2.79. The molecule has 3 rings (SSSR count). The van der Waals surface area contributed by atoms with Crippen molar-refractivity contribution >= 4 is 17.4 Å². The summed E-state index contributed by atoms with van der Waals surface area (Å²) in [5.74, 6) is -0.281. The Morgan fingerprint density at radius 2 is 1.90 bits per heavy atom. The molecule has 0 unspecified atom stereocenters. The molecule has 0 bridgehead atoms. The van der Waals surface area contributed by atoms with Crippen LogP contribution < -0.4 is 4.80 Å². The van der Waals surface area contributed by atoms with Crippen LogP contribution in [0.25, 0.3) is 5.69 Å². The Bertz CT molecular complexity index is 668. The standard InChI is InChI=1S/C14H14FN3OS/c15-11-3-5-12(6-4-11)18-9-10-20-14(18)16-13(19)17-7-1-2-8-17/h3-6,9-10H,1-2,7-8H2. The average molecular weight is 291 g/mol. The van der Waals surface area contributed by atoms with Crippen molar-refractivity contribution in [3.8, 4) is 5.69 Å². The average Bonchev–Trinajstić information content (AvgIpc) is 3.10. The van der Waals surface area contributed by atoms with E-state index in [1.807, 2.05) is 11.6 Å². The Balaban J connectivity index is 1.93. The van der Waals surface area contributed by atoms with Crippen molar-refractivity contribution in [1.82, 2.24) is 9.47 Å². The van der Waals surface area contributed by atoms with Gasteiger partial charge in [-0.05, 0) is 37.1 Å². The summed E-state index contributed by atoms with van der Waals surface area (Å²) in [6, 6.07) is 5.93. The van der Waals surface area contributed by atoms with Gasteiger partial charge in [-0.25, -0.2) is 9.18 Å². The third-order valence-corrected chi connectivity index (χ3v) is 4.02. The van der Waals surface area contributed by atoms with Crippen LogP contribution in [0.2, 0.25) is 0 Å². The second kappa shape index (κ2) is 5.58. The summed E-state index contributed by atoms with van der Waals surface area (Å²) in [4.78, 5) is 18.6. The molecule has 0 saturated carbocycles. The van der Waals surface area contributed by atoms with E-state index in [9.17, 15) is 9.18 Å². The number of carbonyl (C=O) groups excluding carboxylic acids is 1. The maximum Gasteiger partial charge on any atom is 0.346 e. The van der Waals surface area contributed by atoms with E-state index in [2.05, 4.69) is 4.99 Å². The zero-order valence-corrected chi connectivity index (χ0v) is 11.6. The second-order valence-corrected chi connectivity index (χ2v) is 5.49. The first-order valence-electron chi connectivity index (χ1n) is 6.50. The predicted molar refractivity (Wildman–Crippen MR) is 75.4 cm³/mol. The monoisotopic (exact) mass is 291 g/mol. The van der Waals surface area contributed by atoms with Crippen LogP contribution in [-0.4, -0.2) is 28.6 Å². The van der Waals surface area contributed by atoms with Gasteiger partial charge in [-0.3, -0.25) is 4.57 Å². The van der Waals surface area contributed by atoms with Gasteiger partial charge in [0.25, 0.3) is 0 Å². The van der Waals surface area contributed by atoms with Gasteiger partial charge in [0.05, 0.1) is 0 Å². The normalized spacial score (nSPS) is 15.8. The Hall–Kier alpha value is -1.95. The fourth-order valence-corrected chi connectivity index (χ4v) is 2.93. The van der Waals surface area contributed by atoms with E-state index < -0.39 is 0 Å². The minimum atomic E-state index is -0.281. The molecular weight excluding hydrogens is 277 g/mol. The summed E-state index contributed by atoms with van der Waals surface area (Å²) < 4.78 is 14.7. The molecule has 6 heteroatoms. The molecular formula is C14H14FN3OS. The van der Waals surface area contributed by atoms with Crippen molar-refractivity contribution < 1.29 is 9.18 Å². The molecule has 1 aliphatic heterocycles. The number of rotatable bonds is 1. The van der Waals surface area contributed by atoms with Gasteiger partial charge in [-0.1, -0.05) is 0 Å². The van der Waals surface area contributed by atoms with Crippen LogP contribution >= 0.6 is 11.3 Å². The highest BCUT2D eigenvalue weighted by Crippen LogP contribution is 2.10. The molecule has 0 spiro atoms. The number of hydrogen-bond donors (Lipinski definition) is 0. The summed E-state index contributed by atoms with van der Waals surface area (Å²) >= 11 is 1.39. The molecule has 2 amide bonds. The molecule has 20 heavy (non-hydrogen) atoms. The van der Waals surface area contributed by atoms with Gasteiger partial charge in [0.15, 0.2) is 4.80 Å². The lowest BCUT2D eigenvalue weighted by Gasteiger charge is -2.10. The highest BCUT2D eigenvalue weighted by molar-refractivity contribution is 7.07. The summed E-state index contributed by atoms with van der Waals surface area (Å²) in [7, 11) is 0. The smallest absolute Gasteiger partial charge is 0.323 e. The van der Waals surface area contributed by atoms with Gasteiger partial charge in [-0.2, -0.15) is 4.99 Å². The van der Waals surface area contributed by atoms with Gasteiger partial charge in [-0.15, -0.1) is 11.3 Å². The molecule has 0 aliphatic carbocycles. The third-order valence-electron chi connectivity index (χ3n) is 3.26. The highest BCUT2D eigenvalue weighted by Gasteiger charge is 2.17. The molecule has 1 aromatic heterocycles. The number of likely N-dealkylation sites (tertiary alicyclic amines) is 1. The fraction of sp³-hybridized carbons (Fsp3) is 0.286. The van der Waals surface area contributed by atoms with Crippen LogP contribution in [0.5, 0.6) is 0 Å².